The molecule has 2 aliphatic rings. The summed E-state index contributed by atoms with van der Waals surface area (Å²) in [7, 11) is 2.10. The molecule has 0 aromatic rings. The highest BCUT2D eigenvalue weighted by atomic mass is 16.5. The van der Waals surface area contributed by atoms with Crippen LogP contribution in [0.3, 0.4) is 0 Å². The van der Waals surface area contributed by atoms with Gasteiger partial charge in [-0.05, 0) is 38.1 Å². The Bertz CT molecular complexity index is 249. The van der Waals surface area contributed by atoms with Crippen molar-refractivity contribution >= 4 is 0 Å². The Morgan fingerprint density at radius 1 is 1.28 bits per heavy atom. The van der Waals surface area contributed by atoms with E-state index in [-0.39, 0.29) is 0 Å². The summed E-state index contributed by atoms with van der Waals surface area (Å²) in [6.45, 7) is 10.1. The van der Waals surface area contributed by atoms with E-state index in [1.54, 1.807) is 0 Å². The van der Waals surface area contributed by atoms with Crippen molar-refractivity contribution in [1.29, 1.82) is 0 Å². The van der Waals surface area contributed by atoms with Gasteiger partial charge in [0, 0.05) is 25.7 Å². The predicted octanol–water partition coefficient (Wildman–Crippen LogP) is 2.12. The zero-order valence-electron chi connectivity index (χ0n) is 12.4. The van der Waals surface area contributed by atoms with Crippen molar-refractivity contribution in [3.63, 3.8) is 0 Å². The molecule has 1 unspecified atom stereocenters. The highest BCUT2D eigenvalue weighted by Gasteiger charge is 2.36. The van der Waals surface area contributed by atoms with Gasteiger partial charge in [0.15, 0.2) is 0 Å². The molecule has 3 nitrogen and oxygen atoms in total. The van der Waals surface area contributed by atoms with Gasteiger partial charge in [-0.1, -0.05) is 19.8 Å². The molecule has 0 amide bonds. The van der Waals surface area contributed by atoms with Crippen LogP contribution in [0.5, 0.6) is 0 Å². The van der Waals surface area contributed by atoms with Gasteiger partial charge in [-0.25, -0.2) is 0 Å². The molecule has 106 valence electrons. The second-order valence-corrected chi connectivity index (χ2v) is 6.61. The van der Waals surface area contributed by atoms with Crippen molar-refractivity contribution in [2.45, 2.75) is 45.6 Å². The number of rotatable bonds is 4. The first kappa shape index (κ1) is 14.3. The van der Waals surface area contributed by atoms with Gasteiger partial charge in [0.1, 0.15) is 0 Å². The third kappa shape index (κ3) is 3.46. The Labute approximate surface area is 112 Å². The molecule has 1 atom stereocenters. The Kier molecular flexibility index (Phi) is 5.05. The van der Waals surface area contributed by atoms with Crippen LogP contribution in [0.1, 0.15) is 39.5 Å². The van der Waals surface area contributed by atoms with Crippen molar-refractivity contribution < 1.29 is 4.74 Å². The summed E-state index contributed by atoms with van der Waals surface area (Å²) in [5.41, 5.74) is 0.507. The van der Waals surface area contributed by atoms with Gasteiger partial charge < -0.3 is 10.1 Å². The van der Waals surface area contributed by atoms with Gasteiger partial charge in [-0.3, -0.25) is 4.90 Å². The van der Waals surface area contributed by atoms with E-state index >= 15 is 0 Å². The Morgan fingerprint density at radius 2 is 2.00 bits per heavy atom. The molecule has 1 aliphatic carbocycles. The maximum atomic E-state index is 5.55. The van der Waals surface area contributed by atoms with Gasteiger partial charge in [-0.2, -0.15) is 0 Å². The average Bonchev–Trinajstić information content (AvgIpc) is 2.36. The summed E-state index contributed by atoms with van der Waals surface area (Å²) < 4.78 is 5.55. The lowest BCUT2D eigenvalue weighted by molar-refractivity contribution is -0.0289. The smallest absolute Gasteiger partial charge is 0.0619 e. The number of hydrogen-bond donors (Lipinski definition) is 1. The fourth-order valence-electron chi connectivity index (χ4n) is 3.57. The maximum absolute atomic E-state index is 5.55. The lowest BCUT2D eigenvalue weighted by Gasteiger charge is -2.45. The van der Waals surface area contributed by atoms with Gasteiger partial charge in [0.25, 0.3) is 0 Å². The van der Waals surface area contributed by atoms with Crippen LogP contribution in [-0.2, 0) is 4.74 Å². The standard InChI is InChI=1S/C15H30N2O/c1-13-4-6-15(7-5-13,11-16-3)12-17-8-9-18-10-14(17)2/h13-14,16H,4-12H2,1-3H3. The number of ether oxygens (including phenoxy) is 1. The van der Waals surface area contributed by atoms with Crippen LogP contribution in [0.15, 0.2) is 0 Å². The predicted molar refractivity (Wildman–Crippen MR) is 75.8 cm³/mol. The van der Waals surface area contributed by atoms with E-state index in [2.05, 4.69) is 31.1 Å². The van der Waals surface area contributed by atoms with Crippen molar-refractivity contribution in [2.75, 3.05) is 39.9 Å². The minimum atomic E-state index is 0.507. The van der Waals surface area contributed by atoms with Crippen molar-refractivity contribution in [3.8, 4) is 0 Å². The first-order valence-corrected chi connectivity index (χ1v) is 7.62. The lowest BCUT2D eigenvalue weighted by atomic mass is 9.70. The van der Waals surface area contributed by atoms with E-state index in [1.165, 1.54) is 38.8 Å². The molecule has 0 radical (unpaired) electrons. The molecule has 1 heterocycles. The molecule has 1 N–H and O–H groups in total. The largest absolute Gasteiger partial charge is 0.379 e. The normalized spacial score (nSPS) is 38.8. The van der Waals surface area contributed by atoms with E-state index in [1.807, 2.05) is 0 Å². The summed E-state index contributed by atoms with van der Waals surface area (Å²) in [5, 5.41) is 3.44. The van der Waals surface area contributed by atoms with Crippen molar-refractivity contribution in [3.05, 3.63) is 0 Å². The summed E-state index contributed by atoms with van der Waals surface area (Å²) in [6, 6.07) is 0.590. The highest BCUT2D eigenvalue weighted by molar-refractivity contribution is 4.90. The number of morpholine rings is 1. The van der Waals surface area contributed by atoms with Crippen LogP contribution in [0.4, 0.5) is 0 Å². The molecule has 0 bridgehead atoms. The van der Waals surface area contributed by atoms with Gasteiger partial charge in [0.2, 0.25) is 0 Å². The van der Waals surface area contributed by atoms with Crippen LogP contribution >= 0.6 is 0 Å². The number of hydrogen-bond acceptors (Lipinski definition) is 3. The third-order valence-electron chi connectivity index (χ3n) is 4.93. The van der Waals surface area contributed by atoms with E-state index < -0.39 is 0 Å². The van der Waals surface area contributed by atoms with Crippen LogP contribution in [-0.4, -0.2) is 50.8 Å². The summed E-state index contributed by atoms with van der Waals surface area (Å²) >= 11 is 0. The van der Waals surface area contributed by atoms with E-state index in [0.717, 1.165) is 25.7 Å². The molecule has 0 aromatic heterocycles. The molecule has 1 aliphatic heterocycles. The van der Waals surface area contributed by atoms with Crippen LogP contribution in [0.2, 0.25) is 0 Å². The first-order chi connectivity index (χ1) is 8.65. The van der Waals surface area contributed by atoms with Crippen LogP contribution in [0, 0.1) is 11.3 Å². The molecule has 3 heteroatoms. The summed E-state index contributed by atoms with van der Waals surface area (Å²) in [4.78, 5) is 2.65. The Balaban J connectivity index is 1.96. The lowest BCUT2D eigenvalue weighted by Crippen LogP contribution is -2.52. The quantitative estimate of drug-likeness (QED) is 0.832. The average molecular weight is 254 g/mol. The molecular formula is C15H30N2O. The third-order valence-corrected chi connectivity index (χ3v) is 4.93. The fourth-order valence-corrected chi connectivity index (χ4v) is 3.57. The van der Waals surface area contributed by atoms with E-state index in [0.29, 0.717) is 11.5 Å². The molecule has 2 fully saturated rings. The van der Waals surface area contributed by atoms with E-state index in [9.17, 15) is 0 Å². The summed E-state index contributed by atoms with van der Waals surface area (Å²) in [5.74, 6) is 0.928. The van der Waals surface area contributed by atoms with Crippen LogP contribution in [0.25, 0.3) is 0 Å². The van der Waals surface area contributed by atoms with E-state index in [4.69, 9.17) is 4.74 Å². The highest BCUT2D eigenvalue weighted by Crippen LogP contribution is 2.39. The Hall–Kier alpha value is -0.120. The molecule has 2 rings (SSSR count). The Morgan fingerprint density at radius 3 is 2.61 bits per heavy atom. The number of nitrogens with zero attached hydrogens (tertiary/aromatic N) is 1. The zero-order valence-corrected chi connectivity index (χ0v) is 12.4. The molecule has 0 spiro atoms. The first-order valence-electron chi connectivity index (χ1n) is 7.62. The van der Waals surface area contributed by atoms with Crippen molar-refractivity contribution in [1.82, 2.24) is 10.2 Å². The SMILES string of the molecule is CNCC1(CN2CCOCC2C)CCC(C)CC1. The zero-order chi connectivity index (χ0) is 13.0. The monoisotopic (exact) mass is 254 g/mol. The van der Waals surface area contributed by atoms with Crippen LogP contribution < -0.4 is 5.32 Å². The van der Waals surface area contributed by atoms with Gasteiger partial charge in [0.05, 0.1) is 13.2 Å². The molecular weight excluding hydrogens is 224 g/mol. The van der Waals surface area contributed by atoms with Crippen molar-refractivity contribution in [2.24, 2.45) is 11.3 Å². The second kappa shape index (κ2) is 6.36. The molecule has 0 aromatic carbocycles. The molecule has 18 heavy (non-hydrogen) atoms. The second-order valence-electron chi connectivity index (χ2n) is 6.61. The number of nitrogens with one attached hydrogen (secondary N) is 1. The maximum Gasteiger partial charge on any atom is 0.0619 e. The molecule has 1 saturated heterocycles. The summed E-state index contributed by atoms with van der Waals surface area (Å²) in [6.07, 6.45) is 5.58. The van der Waals surface area contributed by atoms with Gasteiger partial charge >= 0.3 is 0 Å². The topological polar surface area (TPSA) is 24.5 Å². The minimum Gasteiger partial charge on any atom is -0.379 e. The minimum absolute atomic E-state index is 0.507. The molecule has 1 saturated carbocycles. The van der Waals surface area contributed by atoms with Gasteiger partial charge in [-0.15, -0.1) is 0 Å². The fraction of sp³-hybridized carbons (Fsp3) is 1.00.